The maximum Gasteiger partial charge on any atom is 0.255 e. The molecular formula is C29H28N2O4S. The average molecular weight is 501 g/mol. The molecule has 0 saturated heterocycles. The van der Waals surface area contributed by atoms with Crippen LogP contribution in [0.5, 0.6) is 11.5 Å². The summed E-state index contributed by atoms with van der Waals surface area (Å²) >= 11 is 1.61. The van der Waals surface area contributed by atoms with Crippen molar-refractivity contribution in [3.63, 3.8) is 0 Å². The molecule has 1 aliphatic rings. The van der Waals surface area contributed by atoms with Crippen LogP contribution < -0.4 is 14.8 Å². The molecule has 5 rings (SSSR count). The minimum Gasteiger partial charge on any atom is -0.493 e. The second-order valence-corrected chi connectivity index (χ2v) is 9.68. The summed E-state index contributed by atoms with van der Waals surface area (Å²) in [6.07, 6.45) is 7.53. The quantitative estimate of drug-likeness (QED) is 0.267. The number of hydrogen-bond donors (Lipinski definition) is 1. The van der Waals surface area contributed by atoms with Crippen molar-refractivity contribution in [1.29, 1.82) is 0 Å². The number of nitrogens with one attached hydrogen (secondary N) is 1. The lowest BCUT2D eigenvalue weighted by atomic mass is 9.95. The van der Waals surface area contributed by atoms with Gasteiger partial charge in [-0.3, -0.25) is 4.79 Å². The SMILES string of the molecule is COc1cc(C=Nc2sc3c(c2C(=O)NCc2ccco2)CCCC3)ccc1OCc1ccccc1. The number of hydrogen-bond acceptors (Lipinski definition) is 6. The predicted molar refractivity (Wildman–Crippen MR) is 142 cm³/mol. The van der Waals surface area contributed by atoms with E-state index in [9.17, 15) is 4.79 Å². The second-order valence-electron chi connectivity index (χ2n) is 8.60. The number of carbonyl (C=O) groups is 1. The van der Waals surface area contributed by atoms with Crippen LogP contribution in [0.1, 0.15) is 50.5 Å². The van der Waals surface area contributed by atoms with Crippen molar-refractivity contribution in [1.82, 2.24) is 5.32 Å². The molecule has 0 aliphatic heterocycles. The Morgan fingerprint density at radius 3 is 2.75 bits per heavy atom. The van der Waals surface area contributed by atoms with Crippen molar-refractivity contribution >= 4 is 28.5 Å². The summed E-state index contributed by atoms with van der Waals surface area (Å²) in [5.74, 6) is 1.92. The van der Waals surface area contributed by atoms with Crippen molar-refractivity contribution in [2.45, 2.75) is 38.8 Å². The summed E-state index contributed by atoms with van der Waals surface area (Å²) in [6, 6.07) is 19.4. The van der Waals surface area contributed by atoms with E-state index in [0.717, 1.165) is 53.1 Å². The van der Waals surface area contributed by atoms with Crippen LogP contribution in [-0.4, -0.2) is 19.2 Å². The fourth-order valence-electron chi connectivity index (χ4n) is 4.30. The lowest BCUT2D eigenvalue weighted by molar-refractivity contribution is 0.0948. The highest BCUT2D eigenvalue weighted by molar-refractivity contribution is 7.16. The van der Waals surface area contributed by atoms with Gasteiger partial charge in [-0.05, 0) is 72.7 Å². The number of methoxy groups -OCH3 is 1. The van der Waals surface area contributed by atoms with Gasteiger partial charge in [0.2, 0.25) is 0 Å². The summed E-state index contributed by atoms with van der Waals surface area (Å²) in [5, 5.41) is 3.73. The first-order valence-corrected chi connectivity index (χ1v) is 12.9. The number of benzene rings is 2. The molecule has 6 nitrogen and oxygen atoms in total. The van der Waals surface area contributed by atoms with E-state index in [0.29, 0.717) is 30.2 Å². The van der Waals surface area contributed by atoms with Crippen molar-refractivity contribution in [3.05, 3.63) is 99.8 Å². The first-order chi connectivity index (χ1) is 17.7. The number of thiophene rings is 1. The van der Waals surface area contributed by atoms with E-state index in [2.05, 4.69) is 5.32 Å². The molecule has 0 bridgehead atoms. The van der Waals surface area contributed by atoms with Gasteiger partial charge in [-0.25, -0.2) is 4.99 Å². The van der Waals surface area contributed by atoms with Gasteiger partial charge in [0, 0.05) is 11.1 Å². The smallest absolute Gasteiger partial charge is 0.255 e. The summed E-state index contributed by atoms with van der Waals surface area (Å²) in [6.45, 7) is 0.809. The average Bonchev–Trinajstić information content (AvgIpc) is 3.58. The molecule has 0 spiro atoms. The van der Waals surface area contributed by atoms with Crippen LogP contribution in [0.3, 0.4) is 0 Å². The predicted octanol–water partition coefficient (Wildman–Crippen LogP) is 6.49. The number of fused-ring (bicyclic) bond motifs is 1. The van der Waals surface area contributed by atoms with E-state index in [-0.39, 0.29) is 5.91 Å². The van der Waals surface area contributed by atoms with Gasteiger partial charge in [-0.1, -0.05) is 30.3 Å². The van der Waals surface area contributed by atoms with Crippen LogP contribution in [0.15, 0.2) is 76.3 Å². The zero-order valence-corrected chi connectivity index (χ0v) is 21.0. The van der Waals surface area contributed by atoms with Crippen LogP contribution >= 0.6 is 11.3 Å². The third-order valence-corrected chi connectivity index (χ3v) is 7.34. The van der Waals surface area contributed by atoms with Crippen molar-refractivity contribution in [2.75, 3.05) is 7.11 Å². The van der Waals surface area contributed by atoms with Gasteiger partial charge in [0.1, 0.15) is 17.4 Å². The van der Waals surface area contributed by atoms with E-state index in [1.165, 1.54) is 4.88 Å². The standard InChI is InChI=1S/C29H28N2O4S/c1-33-25-16-21(13-14-24(25)35-19-20-8-3-2-4-9-20)17-31-29-27(23-11-5-6-12-26(23)36-29)28(32)30-18-22-10-7-15-34-22/h2-4,7-10,13-17H,5-6,11-12,18-19H2,1H3,(H,30,32). The van der Waals surface area contributed by atoms with Crippen LogP contribution in [0, 0.1) is 0 Å². The molecule has 0 atom stereocenters. The second kappa shape index (κ2) is 11.3. The number of rotatable bonds is 9. The van der Waals surface area contributed by atoms with E-state index < -0.39 is 0 Å². The molecule has 36 heavy (non-hydrogen) atoms. The summed E-state index contributed by atoms with van der Waals surface area (Å²) in [5.41, 5.74) is 3.78. The van der Waals surface area contributed by atoms with Crippen LogP contribution in [0.4, 0.5) is 5.00 Å². The third-order valence-electron chi connectivity index (χ3n) is 6.14. The fraction of sp³-hybridized carbons (Fsp3) is 0.241. The number of nitrogens with zero attached hydrogens (tertiary/aromatic N) is 1. The van der Waals surface area contributed by atoms with Gasteiger partial charge in [-0.2, -0.15) is 0 Å². The molecule has 1 N–H and O–H groups in total. The van der Waals surface area contributed by atoms with Crippen molar-refractivity contribution in [2.24, 2.45) is 4.99 Å². The number of carbonyl (C=O) groups excluding carboxylic acids is 1. The van der Waals surface area contributed by atoms with Crippen LogP contribution in [-0.2, 0) is 26.0 Å². The Balaban J connectivity index is 1.35. The molecule has 0 fully saturated rings. The Morgan fingerprint density at radius 1 is 1.08 bits per heavy atom. The van der Waals surface area contributed by atoms with Gasteiger partial charge in [0.05, 0.1) is 25.5 Å². The molecule has 0 radical (unpaired) electrons. The first kappa shape index (κ1) is 23.9. The highest BCUT2D eigenvalue weighted by atomic mass is 32.1. The minimum absolute atomic E-state index is 0.111. The fourth-order valence-corrected chi connectivity index (χ4v) is 5.53. The van der Waals surface area contributed by atoms with Gasteiger partial charge in [-0.15, -0.1) is 11.3 Å². The molecule has 4 aromatic rings. The molecule has 2 heterocycles. The lowest BCUT2D eigenvalue weighted by Crippen LogP contribution is -2.23. The minimum atomic E-state index is -0.111. The molecular weight excluding hydrogens is 472 g/mol. The first-order valence-electron chi connectivity index (χ1n) is 12.0. The molecule has 0 saturated carbocycles. The summed E-state index contributed by atoms with van der Waals surface area (Å²) in [7, 11) is 1.63. The highest BCUT2D eigenvalue weighted by Gasteiger charge is 2.25. The van der Waals surface area contributed by atoms with Crippen LogP contribution in [0.2, 0.25) is 0 Å². The maximum absolute atomic E-state index is 13.2. The lowest BCUT2D eigenvalue weighted by Gasteiger charge is -2.12. The Bertz CT molecular complexity index is 1340. The maximum atomic E-state index is 13.2. The molecule has 7 heteroatoms. The van der Waals surface area contributed by atoms with Crippen molar-refractivity contribution < 1.29 is 18.7 Å². The molecule has 184 valence electrons. The van der Waals surface area contributed by atoms with Gasteiger partial charge < -0.3 is 19.2 Å². The number of ether oxygens (including phenoxy) is 2. The Kier molecular flexibility index (Phi) is 7.47. The number of furan rings is 1. The molecule has 1 aliphatic carbocycles. The summed E-state index contributed by atoms with van der Waals surface area (Å²) < 4.78 is 16.9. The zero-order chi connectivity index (χ0) is 24.7. The Labute approximate surface area is 214 Å². The molecule has 1 amide bonds. The van der Waals surface area contributed by atoms with Gasteiger partial charge in [0.15, 0.2) is 11.5 Å². The topological polar surface area (TPSA) is 73.1 Å². The van der Waals surface area contributed by atoms with Gasteiger partial charge >= 0.3 is 0 Å². The third kappa shape index (κ3) is 5.52. The number of aliphatic imine (C=N–C) groups is 1. The van der Waals surface area contributed by atoms with Gasteiger partial charge in [0.25, 0.3) is 5.91 Å². The van der Waals surface area contributed by atoms with E-state index in [4.69, 9.17) is 18.9 Å². The van der Waals surface area contributed by atoms with E-state index >= 15 is 0 Å². The summed E-state index contributed by atoms with van der Waals surface area (Å²) in [4.78, 5) is 19.2. The highest BCUT2D eigenvalue weighted by Crippen LogP contribution is 2.40. The molecule has 0 unspecified atom stereocenters. The molecule has 2 aromatic carbocycles. The number of amides is 1. The molecule has 2 aromatic heterocycles. The monoisotopic (exact) mass is 500 g/mol. The van der Waals surface area contributed by atoms with Crippen molar-refractivity contribution in [3.8, 4) is 11.5 Å². The largest absolute Gasteiger partial charge is 0.493 e. The van der Waals surface area contributed by atoms with Crippen LogP contribution in [0.25, 0.3) is 0 Å². The number of aryl methyl sites for hydroxylation is 1. The van der Waals surface area contributed by atoms with E-state index in [1.807, 2.05) is 60.7 Å². The van der Waals surface area contributed by atoms with E-state index in [1.54, 1.807) is 30.9 Å². The normalized spacial score (nSPS) is 12.9. The Morgan fingerprint density at radius 2 is 1.94 bits per heavy atom. The Hall–Kier alpha value is -3.84. The zero-order valence-electron chi connectivity index (χ0n) is 20.2.